The zero-order chi connectivity index (χ0) is 18.0. The van der Waals surface area contributed by atoms with Crippen molar-refractivity contribution in [3.05, 3.63) is 33.6 Å². The van der Waals surface area contributed by atoms with E-state index in [1.54, 1.807) is 19.2 Å². The summed E-state index contributed by atoms with van der Waals surface area (Å²) in [5.41, 5.74) is 1.52. The van der Waals surface area contributed by atoms with Gasteiger partial charge in [0.25, 0.3) is 5.56 Å². The van der Waals surface area contributed by atoms with Crippen LogP contribution in [0.4, 0.5) is 5.95 Å². The zero-order valence-corrected chi connectivity index (χ0v) is 14.3. The summed E-state index contributed by atoms with van der Waals surface area (Å²) in [7, 11) is 1.67. The van der Waals surface area contributed by atoms with Crippen LogP contribution in [0.2, 0.25) is 0 Å². The van der Waals surface area contributed by atoms with Gasteiger partial charge in [0, 0.05) is 25.7 Å². The molecule has 4 rings (SSSR count). The number of aromatic nitrogens is 2. The standard InChI is InChI=1S/C18H19N3O4/c1-8-4-10(9(2)22)15-11(5-8)16(23)20(3)18(19-15)21-6-12-13(7-21)14(12)17(24)25/h4-5,12-14H,6-7H2,1-3H3,(H,24,25)/t12-,13+,14?. The molecule has 0 bridgehead atoms. The number of ketones is 1. The maximum Gasteiger partial charge on any atom is 0.307 e. The molecule has 1 N–H and O–H groups in total. The van der Waals surface area contributed by atoms with E-state index in [9.17, 15) is 14.4 Å². The lowest BCUT2D eigenvalue weighted by Gasteiger charge is -2.23. The van der Waals surface area contributed by atoms with Crippen molar-refractivity contribution >= 4 is 28.6 Å². The summed E-state index contributed by atoms with van der Waals surface area (Å²) in [6, 6.07) is 3.51. The van der Waals surface area contributed by atoms with Crippen molar-refractivity contribution in [1.29, 1.82) is 0 Å². The van der Waals surface area contributed by atoms with E-state index in [0.29, 0.717) is 35.5 Å². The lowest BCUT2D eigenvalue weighted by atomic mass is 10.0. The van der Waals surface area contributed by atoms with E-state index in [1.807, 2.05) is 11.8 Å². The fraction of sp³-hybridized carbons (Fsp3) is 0.444. The van der Waals surface area contributed by atoms with Crippen molar-refractivity contribution in [2.45, 2.75) is 13.8 Å². The maximum atomic E-state index is 12.8. The van der Waals surface area contributed by atoms with Gasteiger partial charge in [0.05, 0.1) is 16.8 Å². The fourth-order valence-electron chi connectivity index (χ4n) is 4.12. The van der Waals surface area contributed by atoms with Crippen LogP contribution in [0.5, 0.6) is 0 Å². The summed E-state index contributed by atoms with van der Waals surface area (Å²) in [6.45, 7) is 4.47. The Hall–Kier alpha value is -2.70. The average Bonchev–Trinajstić information content (AvgIpc) is 3.06. The zero-order valence-electron chi connectivity index (χ0n) is 14.3. The van der Waals surface area contributed by atoms with Crippen LogP contribution in [0.3, 0.4) is 0 Å². The molecule has 0 radical (unpaired) electrons. The predicted octanol–water partition coefficient (Wildman–Crippen LogP) is 1.21. The number of hydrogen-bond donors (Lipinski definition) is 1. The van der Waals surface area contributed by atoms with Crippen molar-refractivity contribution in [1.82, 2.24) is 9.55 Å². The van der Waals surface area contributed by atoms with Crippen molar-refractivity contribution < 1.29 is 14.7 Å². The second-order valence-corrected chi connectivity index (χ2v) is 7.14. The van der Waals surface area contributed by atoms with Gasteiger partial charge in [0.15, 0.2) is 5.78 Å². The van der Waals surface area contributed by atoms with Gasteiger partial charge in [-0.15, -0.1) is 0 Å². The number of piperidine rings is 1. The van der Waals surface area contributed by atoms with Gasteiger partial charge in [-0.3, -0.25) is 19.0 Å². The first-order valence-corrected chi connectivity index (χ1v) is 8.29. The summed E-state index contributed by atoms with van der Waals surface area (Å²) in [6.07, 6.45) is 0. The van der Waals surface area contributed by atoms with Crippen LogP contribution in [-0.2, 0) is 11.8 Å². The van der Waals surface area contributed by atoms with Gasteiger partial charge in [-0.2, -0.15) is 0 Å². The minimum Gasteiger partial charge on any atom is -0.481 e. The molecule has 7 nitrogen and oxygen atoms in total. The molecule has 2 heterocycles. The smallest absolute Gasteiger partial charge is 0.307 e. The minimum absolute atomic E-state index is 0.121. The van der Waals surface area contributed by atoms with Crippen molar-refractivity contribution in [2.24, 2.45) is 24.8 Å². The second-order valence-electron chi connectivity index (χ2n) is 7.14. The molecule has 2 fully saturated rings. The normalized spacial score (nSPS) is 24.4. The second kappa shape index (κ2) is 5.15. The van der Waals surface area contributed by atoms with Gasteiger partial charge in [0.2, 0.25) is 5.95 Å². The molecule has 1 unspecified atom stereocenters. The number of carbonyl (C=O) groups excluding carboxylic acids is 1. The molecule has 3 atom stereocenters. The summed E-state index contributed by atoms with van der Waals surface area (Å²) in [5.74, 6) is -0.407. The lowest BCUT2D eigenvalue weighted by molar-refractivity contribution is -0.139. The summed E-state index contributed by atoms with van der Waals surface area (Å²) < 4.78 is 1.49. The molecule has 1 saturated carbocycles. The first kappa shape index (κ1) is 15.8. The van der Waals surface area contributed by atoms with Gasteiger partial charge in [-0.1, -0.05) is 0 Å². The first-order valence-electron chi connectivity index (χ1n) is 8.29. The molecule has 7 heteroatoms. The molecule has 0 spiro atoms. The van der Waals surface area contributed by atoms with Gasteiger partial charge in [-0.25, -0.2) is 4.98 Å². The van der Waals surface area contributed by atoms with E-state index in [1.165, 1.54) is 11.5 Å². The van der Waals surface area contributed by atoms with Crippen LogP contribution in [0.25, 0.3) is 10.9 Å². The van der Waals surface area contributed by atoms with Crippen LogP contribution >= 0.6 is 0 Å². The Bertz CT molecular complexity index is 982. The highest BCUT2D eigenvalue weighted by atomic mass is 16.4. The SMILES string of the molecule is CC(=O)c1cc(C)cc2c(=O)n(C)c(N3C[C@@H]4C(C(=O)O)[C@@H]4C3)nc12. The number of benzene rings is 1. The average molecular weight is 341 g/mol. The number of aliphatic carboxylic acids is 1. The highest BCUT2D eigenvalue weighted by molar-refractivity contribution is 6.05. The summed E-state index contributed by atoms with van der Waals surface area (Å²) >= 11 is 0. The van der Waals surface area contributed by atoms with Crippen LogP contribution in [0.15, 0.2) is 16.9 Å². The third kappa shape index (κ3) is 2.26. The number of carboxylic acid groups (broad SMARTS) is 1. The van der Waals surface area contributed by atoms with Crippen LogP contribution in [0, 0.1) is 24.7 Å². The van der Waals surface area contributed by atoms with E-state index in [-0.39, 0.29) is 29.1 Å². The number of Topliss-reactive ketones (excluding diaryl/α,β-unsaturated/α-hetero) is 1. The molecule has 1 aliphatic carbocycles. The number of hydrogen-bond acceptors (Lipinski definition) is 5. The molecule has 2 aliphatic rings. The fourth-order valence-corrected chi connectivity index (χ4v) is 4.12. The van der Waals surface area contributed by atoms with Crippen molar-refractivity contribution in [2.75, 3.05) is 18.0 Å². The number of aryl methyl sites for hydroxylation is 1. The predicted molar refractivity (Wildman–Crippen MR) is 92.0 cm³/mol. The van der Waals surface area contributed by atoms with Gasteiger partial charge in [-0.05, 0) is 43.4 Å². The molecule has 0 amide bonds. The molecule has 1 saturated heterocycles. The van der Waals surface area contributed by atoms with E-state index in [4.69, 9.17) is 5.11 Å². The van der Waals surface area contributed by atoms with Gasteiger partial charge >= 0.3 is 5.97 Å². The topological polar surface area (TPSA) is 92.5 Å². The largest absolute Gasteiger partial charge is 0.481 e. The van der Waals surface area contributed by atoms with E-state index < -0.39 is 5.97 Å². The third-order valence-electron chi connectivity index (χ3n) is 5.44. The number of fused-ring (bicyclic) bond motifs is 2. The molecule has 130 valence electrons. The Morgan fingerprint density at radius 2 is 1.88 bits per heavy atom. The number of carboxylic acids is 1. The molecule has 1 aromatic carbocycles. The van der Waals surface area contributed by atoms with E-state index in [0.717, 1.165) is 5.56 Å². The first-order chi connectivity index (χ1) is 11.8. The number of anilines is 1. The molecular formula is C18H19N3O4. The van der Waals surface area contributed by atoms with Gasteiger partial charge < -0.3 is 10.0 Å². The monoisotopic (exact) mass is 341 g/mol. The Morgan fingerprint density at radius 1 is 1.24 bits per heavy atom. The minimum atomic E-state index is -0.746. The van der Waals surface area contributed by atoms with Crippen LogP contribution < -0.4 is 10.5 Å². The van der Waals surface area contributed by atoms with Crippen molar-refractivity contribution in [3.63, 3.8) is 0 Å². The molecule has 25 heavy (non-hydrogen) atoms. The van der Waals surface area contributed by atoms with Crippen LogP contribution in [-0.4, -0.2) is 39.5 Å². The third-order valence-corrected chi connectivity index (χ3v) is 5.44. The highest BCUT2D eigenvalue weighted by Gasteiger charge is 2.60. The Kier molecular flexibility index (Phi) is 3.25. The lowest BCUT2D eigenvalue weighted by Crippen LogP contribution is -2.33. The van der Waals surface area contributed by atoms with E-state index >= 15 is 0 Å². The summed E-state index contributed by atoms with van der Waals surface area (Å²) in [5, 5.41) is 9.59. The molecule has 1 aliphatic heterocycles. The summed E-state index contributed by atoms with van der Waals surface area (Å²) in [4.78, 5) is 42.5. The van der Waals surface area contributed by atoms with Crippen LogP contribution in [0.1, 0.15) is 22.8 Å². The Labute approximate surface area is 143 Å². The highest BCUT2D eigenvalue weighted by Crippen LogP contribution is 2.52. The van der Waals surface area contributed by atoms with Gasteiger partial charge in [0.1, 0.15) is 0 Å². The maximum absolute atomic E-state index is 12.8. The molecule has 1 aromatic heterocycles. The Balaban J connectivity index is 1.81. The number of carbonyl (C=O) groups is 2. The molecule has 2 aromatic rings. The van der Waals surface area contributed by atoms with Crippen molar-refractivity contribution in [3.8, 4) is 0 Å². The van der Waals surface area contributed by atoms with E-state index in [2.05, 4.69) is 4.98 Å². The quantitative estimate of drug-likeness (QED) is 0.844. The molecular weight excluding hydrogens is 322 g/mol. The number of nitrogens with zero attached hydrogens (tertiary/aromatic N) is 3. The number of rotatable bonds is 3. The Morgan fingerprint density at radius 3 is 2.44 bits per heavy atom.